The van der Waals surface area contributed by atoms with E-state index in [0.29, 0.717) is 37.8 Å². The number of amides is 7. The molecule has 0 aromatic heterocycles. The fourth-order valence-electron chi connectivity index (χ4n) is 4.26. The van der Waals surface area contributed by atoms with Crippen LogP contribution < -0.4 is 27.0 Å². The molecule has 0 unspecified atom stereocenters. The Morgan fingerprint density at radius 2 is 1.60 bits per heavy atom. The van der Waals surface area contributed by atoms with Crippen LogP contribution in [0.15, 0.2) is 36.4 Å². The first kappa shape index (κ1) is 34.5. The van der Waals surface area contributed by atoms with Gasteiger partial charge in [0.1, 0.15) is 18.7 Å². The highest BCUT2D eigenvalue weighted by atomic mass is 16.5. The van der Waals surface area contributed by atoms with Crippen molar-refractivity contribution in [1.82, 2.24) is 20.9 Å². The zero-order valence-electron chi connectivity index (χ0n) is 24.4. The Bertz CT molecular complexity index is 1170. The molecule has 14 nitrogen and oxygen atoms in total. The number of nitrogens with two attached hydrogens (primary N) is 1. The fraction of sp³-hybridized carbons (Fsp3) is 0.483. The van der Waals surface area contributed by atoms with Gasteiger partial charge in [-0.1, -0.05) is 32.4 Å². The normalized spacial score (nSPS) is 13.8. The smallest absolute Gasteiger partial charge is 0.312 e. The maximum absolute atomic E-state index is 13.2. The Morgan fingerprint density at radius 1 is 0.930 bits per heavy atom. The summed E-state index contributed by atoms with van der Waals surface area (Å²) in [6.45, 7) is 4.44. The quantitative estimate of drug-likeness (QED) is 0.0872. The van der Waals surface area contributed by atoms with Gasteiger partial charge in [0.15, 0.2) is 0 Å². The van der Waals surface area contributed by atoms with E-state index in [1.165, 1.54) is 12.2 Å². The van der Waals surface area contributed by atoms with E-state index in [0.717, 1.165) is 10.5 Å². The second kappa shape index (κ2) is 17.9. The Hall–Kier alpha value is -4.75. The zero-order chi connectivity index (χ0) is 31.8. The van der Waals surface area contributed by atoms with Crippen molar-refractivity contribution in [1.29, 1.82) is 0 Å². The predicted octanol–water partition coefficient (Wildman–Crippen LogP) is 0.858. The molecule has 2 atom stereocenters. The van der Waals surface area contributed by atoms with Crippen LogP contribution in [0.2, 0.25) is 0 Å². The number of nitrogens with one attached hydrogen (secondary N) is 4. The van der Waals surface area contributed by atoms with Crippen molar-refractivity contribution in [3.05, 3.63) is 42.0 Å². The first-order chi connectivity index (χ1) is 20.5. The van der Waals surface area contributed by atoms with Crippen LogP contribution in [-0.2, 0) is 40.1 Å². The van der Waals surface area contributed by atoms with E-state index >= 15 is 0 Å². The van der Waals surface area contributed by atoms with Gasteiger partial charge in [-0.05, 0) is 49.3 Å². The van der Waals surface area contributed by atoms with Gasteiger partial charge in [0.25, 0.3) is 18.3 Å². The molecule has 0 spiro atoms. The summed E-state index contributed by atoms with van der Waals surface area (Å²) in [6, 6.07) is 4.01. The molecule has 7 amide bonds. The Morgan fingerprint density at radius 3 is 2.21 bits per heavy atom. The van der Waals surface area contributed by atoms with Crippen molar-refractivity contribution < 1.29 is 38.3 Å². The number of nitrogens with zero attached hydrogens (tertiary/aromatic N) is 1. The largest absolute Gasteiger partial charge is 0.463 e. The first-order valence-corrected chi connectivity index (χ1v) is 14.1. The van der Waals surface area contributed by atoms with Crippen molar-refractivity contribution in [3.63, 3.8) is 0 Å². The third-order valence-electron chi connectivity index (χ3n) is 6.59. The number of imide groups is 1. The molecule has 0 saturated heterocycles. The minimum absolute atomic E-state index is 0.0872. The highest BCUT2D eigenvalue weighted by molar-refractivity contribution is 6.12. The highest BCUT2D eigenvalue weighted by Gasteiger charge is 2.29. The van der Waals surface area contributed by atoms with Gasteiger partial charge in [-0.2, -0.15) is 0 Å². The van der Waals surface area contributed by atoms with Crippen LogP contribution in [0.3, 0.4) is 0 Å². The fourth-order valence-corrected chi connectivity index (χ4v) is 4.26. The number of rotatable bonds is 19. The number of carbonyl (C=O) groups is 7. The highest BCUT2D eigenvalue weighted by Crippen LogP contribution is 2.13. The molecule has 0 radical (unpaired) electrons. The van der Waals surface area contributed by atoms with Gasteiger partial charge in [-0.15, -0.1) is 0 Å². The number of primary amides is 1. The summed E-state index contributed by atoms with van der Waals surface area (Å²) in [5.41, 5.74) is 6.28. The number of benzene rings is 1. The Labute approximate surface area is 250 Å². The monoisotopic (exact) mass is 600 g/mol. The van der Waals surface area contributed by atoms with Crippen LogP contribution in [0.5, 0.6) is 0 Å². The molecule has 1 heterocycles. The van der Waals surface area contributed by atoms with Crippen LogP contribution in [-0.4, -0.2) is 72.1 Å². The Kier molecular flexibility index (Phi) is 14.4. The van der Waals surface area contributed by atoms with E-state index in [1.54, 1.807) is 38.1 Å². The average molecular weight is 601 g/mol. The van der Waals surface area contributed by atoms with Gasteiger partial charge >= 0.3 is 6.03 Å². The van der Waals surface area contributed by atoms with E-state index in [1.807, 2.05) is 0 Å². The number of hydrogen-bond acceptors (Lipinski definition) is 8. The van der Waals surface area contributed by atoms with E-state index < -0.39 is 29.9 Å². The van der Waals surface area contributed by atoms with Crippen LogP contribution in [0.4, 0.5) is 10.5 Å². The number of urea groups is 1. The van der Waals surface area contributed by atoms with Gasteiger partial charge < -0.3 is 31.7 Å². The van der Waals surface area contributed by atoms with E-state index in [-0.39, 0.29) is 56.2 Å². The van der Waals surface area contributed by atoms with Crippen LogP contribution in [0, 0.1) is 5.92 Å². The number of carbonyl (C=O) groups excluding carboxylic acids is 7. The molecule has 1 aromatic carbocycles. The van der Waals surface area contributed by atoms with Crippen molar-refractivity contribution >= 4 is 47.7 Å². The number of unbranched alkanes of at least 4 members (excludes halogenated alkanes) is 2. The summed E-state index contributed by atoms with van der Waals surface area (Å²) in [5.74, 6) is -2.35. The summed E-state index contributed by atoms with van der Waals surface area (Å²) in [5, 5.41) is 10.6. The molecule has 43 heavy (non-hydrogen) atoms. The van der Waals surface area contributed by atoms with Crippen molar-refractivity contribution in [2.75, 3.05) is 18.4 Å². The van der Waals surface area contributed by atoms with Crippen molar-refractivity contribution in [2.45, 2.75) is 71.1 Å². The maximum Gasteiger partial charge on any atom is 0.312 e. The molecule has 0 saturated carbocycles. The first-order valence-electron chi connectivity index (χ1n) is 14.1. The third kappa shape index (κ3) is 12.3. The molecule has 6 N–H and O–H groups in total. The molecule has 1 aromatic rings. The summed E-state index contributed by atoms with van der Waals surface area (Å²) < 4.78 is 4.71. The maximum atomic E-state index is 13.2. The SMILES string of the molecule is CC(C)[C@H](NC(=O)CCCCCN1C(=O)C=CC1=O)C(=O)N[C@@H](CCCNC(N)=O)C(=O)Nc1ccc(COC=O)cc1. The second-order valence-electron chi connectivity index (χ2n) is 10.3. The third-order valence-corrected chi connectivity index (χ3v) is 6.59. The molecule has 0 bridgehead atoms. The van der Waals surface area contributed by atoms with E-state index in [2.05, 4.69) is 21.3 Å². The summed E-state index contributed by atoms with van der Waals surface area (Å²) in [6.07, 6.45) is 4.78. The lowest BCUT2D eigenvalue weighted by Crippen LogP contribution is -2.54. The van der Waals surface area contributed by atoms with E-state index in [9.17, 15) is 33.6 Å². The predicted molar refractivity (Wildman–Crippen MR) is 156 cm³/mol. The molecule has 14 heteroatoms. The van der Waals surface area contributed by atoms with Crippen LogP contribution in [0.25, 0.3) is 0 Å². The zero-order valence-corrected chi connectivity index (χ0v) is 24.4. The Balaban J connectivity index is 1.93. The van der Waals surface area contributed by atoms with E-state index in [4.69, 9.17) is 10.5 Å². The molecule has 1 aliphatic rings. The van der Waals surface area contributed by atoms with Gasteiger partial charge in [0.05, 0.1) is 0 Å². The minimum atomic E-state index is -0.983. The average Bonchev–Trinajstić information content (AvgIpc) is 3.28. The molecular formula is C29H40N6O8. The number of anilines is 1. The number of hydrogen-bond donors (Lipinski definition) is 5. The standard InChI is InChI=1S/C29H40N6O8/c1-19(2)26(34-23(37)8-4-3-5-16-35-24(38)13-14-25(35)39)28(41)33-22(7-6-15-31-29(30)42)27(40)32-21-11-9-20(10-12-21)17-43-18-36/h9-14,18-19,22,26H,3-8,15-17H2,1-2H3,(H,32,40)(H,33,41)(H,34,37)(H3,30,31,42)/t22-,26-/m0/s1. The summed E-state index contributed by atoms with van der Waals surface area (Å²) in [4.78, 5) is 84.8. The van der Waals surface area contributed by atoms with Crippen molar-refractivity contribution in [3.8, 4) is 0 Å². The van der Waals surface area contributed by atoms with Crippen LogP contribution in [0.1, 0.15) is 57.9 Å². The van der Waals surface area contributed by atoms with Gasteiger partial charge in [0, 0.05) is 37.3 Å². The lowest BCUT2D eigenvalue weighted by molar-refractivity contribution is -0.137. The molecule has 1 aliphatic heterocycles. The topological polar surface area (TPSA) is 206 Å². The van der Waals surface area contributed by atoms with Gasteiger partial charge in [-0.25, -0.2) is 4.79 Å². The van der Waals surface area contributed by atoms with Crippen LogP contribution >= 0.6 is 0 Å². The molecular weight excluding hydrogens is 560 g/mol. The molecule has 0 fully saturated rings. The molecule has 2 rings (SSSR count). The lowest BCUT2D eigenvalue weighted by Gasteiger charge is -2.25. The molecule has 234 valence electrons. The molecule has 0 aliphatic carbocycles. The summed E-state index contributed by atoms with van der Waals surface area (Å²) in [7, 11) is 0. The van der Waals surface area contributed by atoms with Crippen molar-refractivity contribution in [2.24, 2.45) is 11.7 Å². The van der Waals surface area contributed by atoms with Gasteiger partial charge in [0.2, 0.25) is 17.7 Å². The second-order valence-corrected chi connectivity index (χ2v) is 10.3. The number of ether oxygens (including phenoxy) is 1. The van der Waals surface area contributed by atoms with Gasteiger partial charge in [-0.3, -0.25) is 33.7 Å². The minimum Gasteiger partial charge on any atom is -0.463 e. The summed E-state index contributed by atoms with van der Waals surface area (Å²) >= 11 is 0. The lowest BCUT2D eigenvalue weighted by atomic mass is 10.0.